The molecule has 1 aliphatic carbocycles. The second-order valence-corrected chi connectivity index (χ2v) is 15.6. The van der Waals surface area contributed by atoms with E-state index in [1.54, 1.807) is 0 Å². The standard InChI is InChI=1S/C55H38/c1-55(2)51-34-37-17-4-3-16-36(37)33-50(51)49-30-14-29-44(54(49)55)39-20-12-22-41(32-39)53-47-26-9-7-24-45(47)52(46-25-8-10-27-48(46)53)40-21-11-19-38(31-40)43-28-13-18-35-15-5-6-23-42(35)43/h3-34H,1-2H3. The van der Waals surface area contributed by atoms with Crippen molar-refractivity contribution in [1.29, 1.82) is 0 Å². The van der Waals surface area contributed by atoms with Crippen molar-refractivity contribution < 1.29 is 0 Å². The quantitative estimate of drug-likeness (QED) is 0.161. The van der Waals surface area contributed by atoms with Gasteiger partial charge in [0.25, 0.3) is 0 Å². The Hall–Kier alpha value is -6.76. The zero-order valence-electron chi connectivity index (χ0n) is 31.0. The number of hydrogen-bond acceptors (Lipinski definition) is 0. The lowest BCUT2D eigenvalue weighted by Gasteiger charge is -2.25. The molecular weight excluding hydrogens is 661 g/mol. The summed E-state index contributed by atoms with van der Waals surface area (Å²) < 4.78 is 0. The van der Waals surface area contributed by atoms with Crippen LogP contribution >= 0.6 is 0 Å². The Morgan fingerprint density at radius 3 is 1.33 bits per heavy atom. The van der Waals surface area contributed by atoms with Gasteiger partial charge in [-0.2, -0.15) is 0 Å². The molecule has 0 spiro atoms. The molecule has 55 heavy (non-hydrogen) atoms. The third-order valence-electron chi connectivity index (χ3n) is 12.2. The van der Waals surface area contributed by atoms with Gasteiger partial charge in [-0.25, -0.2) is 0 Å². The van der Waals surface area contributed by atoms with E-state index in [1.807, 2.05) is 0 Å². The highest BCUT2D eigenvalue weighted by molar-refractivity contribution is 6.21. The lowest BCUT2D eigenvalue weighted by Crippen LogP contribution is -2.16. The van der Waals surface area contributed by atoms with Crippen LogP contribution in [-0.2, 0) is 5.41 Å². The van der Waals surface area contributed by atoms with Crippen LogP contribution in [0.15, 0.2) is 194 Å². The average molecular weight is 699 g/mol. The zero-order valence-corrected chi connectivity index (χ0v) is 31.0. The van der Waals surface area contributed by atoms with Gasteiger partial charge in [0.15, 0.2) is 0 Å². The number of benzene rings is 10. The highest BCUT2D eigenvalue weighted by atomic mass is 14.4. The van der Waals surface area contributed by atoms with Gasteiger partial charge >= 0.3 is 0 Å². The van der Waals surface area contributed by atoms with Crippen molar-refractivity contribution in [2.75, 3.05) is 0 Å². The second kappa shape index (κ2) is 12.1. The molecule has 1 aliphatic rings. The van der Waals surface area contributed by atoms with E-state index in [9.17, 15) is 0 Å². The third kappa shape index (κ3) is 4.85. The van der Waals surface area contributed by atoms with Gasteiger partial charge in [-0.3, -0.25) is 0 Å². The van der Waals surface area contributed by atoms with Gasteiger partial charge in [0.05, 0.1) is 0 Å². The molecule has 0 unspecified atom stereocenters. The molecule has 0 atom stereocenters. The minimum absolute atomic E-state index is 0.136. The van der Waals surface area contributed by atoms with Crippen molar-refractivity contribution in [2.45, 2.75) is 19.3 Å². The third-order valence-corrected chi connectivity index (χ3v) is 12.2. The lowest BCUT2D eigenvalue weighted by molar-refractivity contribution is 0.663. The maximum Gasteiger partial charge on any atom is 0.0165 e. The molecule has 0 amide bonds. The highest BCUT2D eigenvalue weighted by Crippen LogP contribution is 2.53. The van der Waals surface area contributed by atoms with Crippen LogP contribution in [0.5, 0.6) is 0 Å². The molecule has 0 nitrogen and oxygen atoms in total. The van der Waals surface area contributed by atoms with E-state index in [1.165, 1.54) is 110 Å². The van der Waals surface area contributed by atoms with Gasteiger partial charge in [-0.1, -0.05) is 184 Å². The second-order valence-electron chi connectivity index (χ2n) is 15.6. The van der Waals surface area contributed by atoms with Gasteiger partial charge in [0.2, 0.25) is 0 Å². The number of hydrogen-bond donors (Lipinski definition) is 0. The summed E-state index contributed by atoms with van der Waals surface area (Å²) in [5.74, 6) is 0. The van der Waals surface area contributed by atoms with Crippen molar-refractivity contribution in [3.05, 3.63) is 205 Å². The summed E-state index contributed by atoms with van der Waals surface area (Å²) in [6, 6.07) is 72.2. The molecule has 0 N–H and O–H groups in total. The maximum absolute atomic E-state index is 2.43. The average Bonchev–Trinajstić information content (AvgIpc) is 3.46. The van der Waals surface area contributed by atoms with Crippen LogP contribution in [0.3, 0.4) is 0 Å². The predicted octanol–water partition coefficient (Wildman–Crippen LogP) is 15.3. The SMILES string of the molecule is CC1(C)c2cc3ccccc3cc2-c2cccc(-c3cccc(-c4c5ccccc5c(-c5cccc(-c6cccc7ccccc67)c5)c5ccccc45)c3)c21. The van der Waals surface area contributed by atoms with E-state index >= 15 is 0 Å². The van der Waals surface area contributed by atoms with Crippen molar-refractivity contribution in [3.63, 3.8) is 0 Å². The maximum atomic E-state index is 2.43. The molecule has 258 valence electrons. The summed E-state index contributed by atoms with van der Waals surface area (Å²) in [6.07, 6.45) is 0. The zero-order chi connectivity index (χ0) is 36.7. The first-order valence-electron chi connectivity index (χ1n) is 19.3. The minimum Gasteiger partial charge on any atom is -0.0616 e. The highest BCUT2D eigenvalue weighted by Gasteiger charge is 2.37. The van der Waals surface area contributed by atoms with Crippen LogP contribution in [0.2, 0.25) is 0 Å². The Balaban J connectivity index is 1.10. The molecule has 0 radical (unpaired) electrons. The fraction of sp³-hybridized carbons (Fsp3) is 0.0545. The summed E-state index contributed by atoms with van der Waals surface area (Å²) in [4.78, 5) is 0. The van der Waals surface area contributed by atoms with Crippen LogP contribution < -0.4 is 0 Å². The van der Waals surface area contributed by atoms with E-state index in [-0.39, 0.29) is 5.41 Å². The molecule has 0 fully saturated rings. The van der Waals surface area contributed by atoms with Crippen molar-refractivity contribution in [3.8, 4) is 55.6 Å². The molecule has 0 aliphatic heterocycles. The van der Waals surface area contributed by atoms with E-state index in [0.717, 1.165) is 0 Å². The van der Waals surface area contributed by atoms with E-state index in [4.69, 9.17) is 0 Å². The first kappa shape index (κ1) is 31.7. The Labute approximate surface area is 322 Å². The van der Waals surface area contributed by atoms with Crippen LogP contribution in [-0.4, -0.2) is 0 Å². The molecular formula is C55H38. The first-order chi connectivity index (χ1) is 27.0. The monoisotopic (exact) mass is 698 g/mol. The molecule has 0 saturated carbocycles. The summed E-state index contributed by atoms with van der Waals surface area (Å²) in [7, 11) is 0. The molecule has 10 aromatic rings. The van der Waals surface area contributed by atoms with Crippen LogP contribution in [0.1, 0.15) is 25.0 Å². The lowest BCUT2D eigenvalue weighted by atomic mass is 9.78. The van der Waals surface area contributed by atoms with Crippen molar-refractivity contribution >= 4 is 43.1 Å². The molecule has 0 saturated heterocycles. The molecule has 10 aromatic carbocycles. The minimum atomic E-state index is -0.136. The van der Waals surface area contributed by atoms with Gasteiger partial charge in [0.1, 0.15) is 0 Å². The Kier molecular flexibility index (Phi) is 7.00. The smallest absolute Gasteiger partial charge is 0.0165 e. The molecule has 0 aromatic heterocycles. The molecule has 0 bridgehead atoms. The first-order valence-corrected chi connectivity index (χ1v) is 19.3. The predicted molar refractivity (Wildman–Crippen MR) is 236 cm³/mol. The summed E-state index contributed by atoms with van der Waals surface area (Å²) in [5.41, 5.74) is 15.4. The van der Waals surface area contributed by atoms with Crippen molar-refractivity contribution in [2.24, 2.45) is 0 Å². The van der Waals surface area contributed by atoms with E-state index in [2.05, 4.69) is 208 Å². The summed E-state index contributed by atoms with van der Waals surface area (Å²) in [6.45, 7) is 4.80. The molecule has 0 heterocycles. The van der Waals surface area contributed by atoms with Gasteiger partial charge in [-0.15, -0.1) is 0 Å². The largest absolute Gasteiger partial charge is 0.0616 e. The van der Waals surface area contributed by atoms with Crippen LogP contribution in [0.4, 0.5) is 0 Å². The summed E-state index contributed by atoms with van der Waals surface area (Å²) >= 11 is 0. The number of rotatable bonds is 4. The summed E-state index contributed by atoms with van der Waals surface area (Å²) in [5, 5.41) is 10.2. The topological polar surface area (TPSA) is 0 Å². The van der Waals surface area contributed by atoms with Gasteiger partial charge in [0, 0.05) is 5.41 Å². The normalized spacial score (nSPS) is 13.1. The van der Waals surface area contributed by atoms with Gasteiger partial charge < -0.3 is 0 Å². The van der Waals surface area contributed by atoms with Crippen LogP contribution in [0, 0.1) is 0 Å². The fourth-order valence-corrected chi connectivity index (χ4v) is 9.72. The van der Waals surface area contributed by atoms with Crippen LogP contribution in [0.25, 0.3) is 98.7 Å². The van der Waals surface area contributed by atoms with E-state index in [0.29, 0.717) is 0 Å². The number of fused-ring (bicyclic) bond motifs is 7. The van der Waals surface area contributed by atoms with Crippen molar-refractivity contribution in [1.82, 2.24) is 0 Å². The molecule has 11 rings (SSSR count). The van der Waals surface area contributed by atoms with E-state index < -0.39 is 0 Å². The molecule has 0 heteroatoms. The Morgan fingerprint density at radius 2 is 0.709 bits per heavy atom. The van der Waals surface area contributed by atoms with Gasteiger partial charge in [-0.05, 0) is 134 Å². The Bertz CT molecular complexity index is 3110. The Morgan fingerprint density at radius 1 is 0.291 bits per heavy atom. The fourth-order valence-electron chi connectivity index (χ4n) is 9.72.